The van der Waals surface area contributed by atoms with Crippen LogP contribution in [0, 0.1) is 11.3 Å². The maximum Gasteiger partial charge on any atom is 0.356 e. The van der Waals surface area contributed by atoms with E-state index in [0.29, 0.717) is 18.3 Å². The van der Waals surface area contributed by atoms with E-state index in [0.717, 1.165) is 36.8 Å². The van der Waals surface area contributed by atoms with Gasteiger partial charge in [-0.3, -0.25) is 4.90 Å². The molecule has 2 N–H and O–H groups in total. The average molecular weight is 389 g/mol. The third kappa shape index (κ3) is 3.38. The van der Waals surface area contributed by atoms with Gasteiger partial charge in [0.25, 0.3) is 0 Å². The Morgan fingerprint density at radius 2 is 2.00 bits per heavy atom. The normalized spacial score (nSPS) is 25.0. The molecule has 7 nitrogen and oxygen atoms in total. The van der Waals surface area contributed by atoms with Gasteiger partial charge in [0.2, 0.25) is 0 Å². The Morgan fingerprint density at radius 3 is 2.63 bits per heavy atom. The highest BCUT2D eigenvalue weighted by Gasteiger charge is 2.52. The molecule has 0 aliphatic carbocycles. The first-order chi connectivity index (χ1) is 13.0. The van der Waals surface area contributed by atoms with Crippen LogP contribution in [0.5, 0.6) is 0 Å². The smallest absolute Gasteiger partial charge is 0.356 e. The summed E-state index contributed by atoms with van der Waals surface area (Å²) in [5.74, 6) is -0.125. The van der Waals surface area contributed by atoms with E-state index in [4.69, 9.17) is 16.7 Å². The predicted octanol–water partition coefficient (Wildman–Crippen LogP) is 1.76. The largest absolute Gasteiger partial charge is 0.476 e. The molecule has 0 bridgehead atoms. The summed E-state index contributed by atoms with van der Waals surface area (Å²) in [6.45, 7) is 3.98. The van der Waals surface area contributed by atoms with E-state index < -0.39 is 5.97 Å². The fourth-order valence-corrected chi connectivity index (χ4v) is 4.48. The molecule has 27 heavy (non-hydrogen) atoms. The van der Waals surface area contributed by atoms with Crippen molar-refractivity contribution in [3.8, 4) is 0 Å². The van der Waals surface area contributed by atoms with Crippen molar-refractivity contribution < 1.29 is 15.0 Å². The van der Waals surface area contributed by atoms with E-state index in [2.05, 4.69) is 20.0 Å². The minimum Gasteiger partial charge on any atom is -0.476 e. The molecule has 3 heterocycles. The van der Waals surface area contributed by atoms with Crippen LogP contribution in [0.3, 0.4) is 0 Å². The van der Waals surface area contributed by atoms with E-state index >= 15 is 0 Å². The lowest BCUT2D eigenvalue weighted by atomic mass is 9.82. The number of aliphatic hydroxyl groups excluding tert-OH is 1. The topological polar surface area (TPSA) is 89.8 Å². The minimum atomic E-state index is -1.09. The SMILES string of the molecule is O=C(O)c1ccc(N2CC3CN(Cc4ccccc4Cl)CC3(CO)C2)nn1. The Hall–Kier alpha value is -2.22. The van der Waals surface area contributed by atoms with Gasteiger partial charge in [-0.1, -0.05) is 29.8 Å². The van der Waals surface area contributed by atoms with Gasteiger partial charge in [0.05, 0.1) is 6.61 Å². The lowest BCUT2D eigenvalue weighted by Crippen LogP contribution is -2.37. The van der Waals surface area contributed by atoms with Gasteiger partial charge in [-0.05, 0) is 29.7 Å². The monoisotopic (exact) mass is 388 g/mol. The first kappa shape index (κ1) is 18.2. The molecule has 8 heteroatoms. The minimum absolute atomic E-state index is 0.0686. The lowest BCUT2D eigenvalue weighted by Gasteiger charge is -2.27. The number of carbonyl (C=O) groups is 1. The van der Waals surface area contributed by atoms with Crippen LogP contribution in [0.2, 0.25) is 5.02 Å². The Morgan fingerprint density at radius 1 is 1.19 bits per heavy atom. The molecule has 2 saturated heterocycles. The van der Waals surface area contributed by atoms with Crippen LogP contribution in [0.1, 0.15) is 16.1 Å². The third-order valence-electron chi connectivity index (χ3n) is 5.69. The summed E-state index contributed by atoms with van der Waals surface area (Å²) >= 11 is 6.29. The van der Waals surface area contributed by atoms with Crippen molar-refractivity contribution in [2.45, 2.75) is 6.54 Å². The Kier molecular flexibility index (Phi) is 4.75. The summed E-state index contributed by atoms with van der Waals surface area (Å²) < 4.78 is 0. The molecule has 1 aromatic heterocycles. The number of halogens is 1. The van der Waals surface area contributed by atoms with Crippen molar-refractivity contribution in [1.82, 2.24) is 15.1 Å². The van der Waals surface area contributed by atoms with Gasteiger partial charge in [-0.25, -0.2) is 4.79 Å². The highest BCUT2D eigenvalue weighted by molar-refractivity contribution is 6.31. The lowest BCUT2D eigenvalue weighted by molar-refractivity contribution is 0.0689. The summed E-state index contributed by atoms with van der Waals surface area (Å²) in [5, 5.41) is 27.7. The number of aromatic carboxylic acids is 1. The summed E-state index contributed by atoms with van der Waals surface area (Å²) in [5.41, 5.74) is 0.814. The quantitative estimate of drug-likeness (QED) is 0.806. The van der Waals surface area contributed by atoms with Crippen LogP contribution in [0.4, 0.5) is 5.82 Å². The number of aromatic nitrogens is 2. The zero-order valence-electron chi connectivity index (χ0n) is 14.8. The number of benzene rings is 1. The first-order valence-corrected chi connectivity index (χ1v) is 9.27. The van der Waals surface area contributed by atoms with Crippen LogP contribution < -0.4 is 4.90 Å². The number of hydrogen-bond donors (Lipinski definition) is 2. The van der Waals surface area contributed by atoms with E-state index in [-0.39, 0.29) is 17.7 Å². The zero-order chi connectivity index (χ0) is 19.0. The first-order valence-electron chi connectivity index (χ1n) is 8.89. The number of fused-ring (bicyclic) bond motifs is 1. The molecule has 2 unspecified atom stereocenters. The molecule has 0 spiro atoms. The molecule has 4 rings (SSSR count). The Bertz CT molecular complexity index is 847. The van der Waals surface area contributed by atoms with Gasteiger partial charge < -0.3 is 15.1 Å². The second kappa shape index (κ2) is 7.07. The van der Waals surface area contributed by atoms with Crippen LogP contribution in [-0.2, 0) is 6.54 Å². The maximum atomic E-state index is 10.9. The van der Waals surface area contributed by atoms with Gasteiger partial charge in [0, 0.05) is 43.2 Å². The van der Waals surface area contributed by atoms with Crippen molar-refractivity contribution in [1.29, 1.82) is 0 Å². The molecule has 2 atom stereocenters. The van der Waals surface area contributed by atoms with Crippen LogP contribution in [-0.4, -0.2) is 64.1 Å². The Labute approximate surface area is 162 Å². The van der Waals surface area contributed by atoms with E-state index in [9.17, 15) is 9.90 Å². The molecule has 142 valence electrons. The van der Waals surface area contributed by atoms with Crippen molar-refractivity contribution in [2.24, 2.45) is 11.3 Å². The van der Waals surface area contributed by atoms with Crippen LogP contribution in [0.25, 0.3) is 0 Å². The van der Waals surface area contributed by atoms with E-state index in [1.807, 2.05) is 24.3 Å². The van der Waals surface area contributed by atoms with Crippen molar-refractivity contribution >= 4 is 23.4 Å². The van der Waals surface area contributed by atoms with Gasteiger partial charge >= 0.3 is 5.97 Å². The standard InChI is InChI=1S/C19H21ClN4O3/c20-15-4-2-1-3-13(15)7-23-8-14-9-24(11-19(14,10-23)12-25)17-6-5-16(18(26)27)21-22-17/h1-6,14,25H,7-12H2,(H,26,27). The molecular formula is C19H21ClN4O3. The van der Waals surface area contributed by atoms with E-state index in [1.54, 1.807) is 6.07 Å². The number of aliphatic hydroxyl groups is 1. The molecule has 2 aliphatic rings. The second-order valence-corrected chi connectivity index (χ2v) is 7.85. The van der Waals surface area contributed by atoms with Crippen LogP contribution in [0.15, 0.2) is 36.4 Å². The average Bonchev–Trinajstić information content (AvgIpc) is 3.18. The number of carboxylic acid groups (broad SMARTS) is 1. The van der Waals surface area contributed by atoms with Crippen molar-refractivity contribution in [2.75, 3.05) is 37.7 Å². The van der Waals surface area contributed by atoms with Crippen LogP contribution >= 0.6 is 11.6 Å². The zero-order valence-corrected chi connectivity index (χ0v) is 15.5. The van der Waals surface area contributed by atoms with Crippen molar-refractivity contribution in [3.05, 3.63) is 52.7 Å². The molecule has 2 aromatic rings. The predicted molar refractivity (Wildman–Crippen MR) is 101 cm³/mol. The van der Waals surface area contributed by atoms with E-state index in [1.165, 1.54) is 6.07 Å². The number of rotatable bonds is 5. The molecule has 1 aromatic carbocycles. The van der Waals surface area contributed by atoms with Gasteiger partial charge in [-0.2, -0.15) is 0 Å². The summed E-state index contributed by atoms with van der Waals surface area (Å²) in [6.07, 6.45) is 0. The number of carboxylic acids is 1. The molecule has 0 saturated carbocycles. The number of nitrogens with zero attached hydrogens (tertiary/aromatic N) is 4. The highest BCUT2D eigenvalue weighted by atomic mass is 35.5. The van der Waals surface area contributed by atoms with Gasteiger partial charge in [0.15, 0.2) is 11.5 Å². The molecule has 2 aliphatic heterocycles. The maximum absolute atomic E-state index is 10.9. The second-order valence-electron chi connectivity index (χ2n) is 7.44. The molecule has 0 radical (unpaired) electrons. The summed E-state index contributed by atoms with van der Waals surface area (Å²) in [4.78, 5) is 15.4. The highest BCUT2D eigenvalue weighted by Crippen LogP contribution is 2.43. The number of likely N-dealkylation sites (tertiary alicyclic amines) is 1. The molecular weight excluding hydrogens is 368 g/mol. The fraction of sp³-hybridized carbons (Fsp3) is 0.421. The Balaban J connectivity index is 1.46. The number of anilines is 1. The van der Waals surface area contributed by atoms with Gasteiger partial charge in [0.1, 0.15) is 0 Å². The van der Waals surface area contributed by atoms with Gasteiger partial charge in [-0.15, -0.1) is 10.2 Å². The summed E-state index contributed by atoms with van der Waals surface area (Å²) in [7, 11) is 0. The third-order valence-corrected chi connectivity index (χ3v) is 6.06. The van der Waals surface area contributed by atoms with Crippen molar-refractivity contribution in [3.63, 3.8) is 0 Å². The summed E-state index contributed by atoms with van der Waals surface area (Å²) in [6, 6.07) is 11.0. The fourth-order valence-electron chi connectivity index (χ4n) is 4.29. The number of hydrogen-bond acceptors (Lipinski definition) is 6. The molecule has 2 fully saturated rings. The molecule has 0 amide bonds.